The van der Waals surface area contributed by atoms with Crippen LogP contribution in [0.15, 0.2) is 100 Å². The molecule has 0 N–H and O–H groups in total. The third-order valence-corrected chi connectivity index (χ3v) is 8.69. The largest absolute Gasteiger partial charge is 0.450 e. The fourth-order valence-electron chi connectivity index (χ4n) is 6.19. The predicted octanol–water partition coefficient (Wildman–Crippen LogP) is 6.51. The van der Waals surface area contributed by atoms with Crippen molar-refractivity contribution in [1.29, 1.82) is 0 Å². The van der Waals surface area contributed by atoms with Crippen molar-refractivity contribution in [2.45, 2.75) is 32.5 Å². The molecule has 1 atom stereocenters. The number of carbonyl (C=O) groups is 2. The quantitative estimate of drug-likeness (QED) is 0.251. The molecule has 3 heterocycles. The lowest BCUT2D eigenvalue weighted by atomic mass is 9.83. The molecular formula is C34H25ClN2O4. The molecule has 7 heteroatoms. The van der Waals surface area contributed by atoms with Crippen molar-refractivity contribution in [2.24, 2.45) is 0 Å². The van der Waals surface area contributed by atoms with E-state index in [4.69, 9.17) is 16.0 Å². The van der Waals surface area contributed by atoms with Crippen molar-refractivity contribution in [3.63, 3.8) is 0 Å². The van der Waals surface area contributed by atoms with E-state index in [1.807, 2.05) is 86.6 Å². The third-order valence-electron chi connectivity index (χ3n) is 8.32. The minimum absolute atomic E-state index is 0.0632. The molecule has 0 aliphatic carbocycles. The summed E-state index contributed by atoms with van der Waals surface area (Å²) in [6.45, 7) is 4.14. The number of aryl methyl sites for hydroxylation is 2. The number of hydrogen-bond acceptors (Lipinski definition) is 4. The Morgan fingerprint density at radius 2 is 1.49 bits per heavy atom. The van der Waals surface area contributed by atoms with Gasteiger partial charge in [0.15, 0.2) is 11.0 Å². The maximum absolute atomic E-state index is 14.9. The van der Waals surface area contributed by atoms with Crippen LogP contribution in [-0.2, 0) is 23.4 Å². The first kappa shape index (κ1) is 25.3. The topological polar surface area (TPSA) is 70.8 Å². The first-order valence-corrected chi connectivity index (χ1v) is 13.8. The van der Waals surface area contributed by atoms with Crippen LogP contribution < -0.4 is 10.3 Å². The van der Waals surface area contributed by atoms with Gasteiger partial charge in [-0.2, -0.15) is 0 Å². The third kappa shape index (κ3) is 3.54. The molecule has 4 aromatic carbocycles. The minimum Gasteiger partial charge on any atom is -0.450 e. The summed E-state index contributed by atoms with van der Waals surface area (Å²) in [7, 11) is 0. The second kappa shape index (κ2) is 9.18. The molecule has 7 rings (SSSR count). The van der Waals surface area contributed by atoms with E-state index < -0.39 is 17.4 Å². The maximum Gasteiger partial charge on any atom is 0.291 e. The Morgan fingerprint density at radius 3 is 2.27 bits per heavy atom. The lowest BCUT2D eigenvalue weighted by molar-refractivity contribution is -0.126. The van der Waals surface area contributed by atoms with E-state index in [0.29, 0.717) is 27.2 Å². The Hall–Kier alpha value is -4.68. The van der Waals surface area contributed by atoms with Crippen LogP contribution in [0.3, 0.4) is 0 Å². The number of carbonyl (C=O) groups excluding carboxylic acids is 2. The molecule has 1 spiro atoms. The average molecular weight is 561 g/mol. The Balaban J connectivity index is 1.53. The molecule has 2 aliphatic rings. The first-order chi connectivity index (χ1) is 19.8. The van der Waals surface area contributed by atoms with E-state index in [1.54, 1.807) is 23.1 Å². The van der Waals surface area contributed by atoms with Crippen molar-refractivity contribution in [2.75, 3.05) is 4.90 Å². The highest BCUT2D eigenvalue weighted by molar-refractivity contribution is 6.31. The summed E-state index contributed by atoms with van der Waals surface area (Å²) >= 11 is 6.52. The van der Waals surface area contributed by atoms with Crippen molar-refractivity contribution < 1.29 is 14.0 Å². The Kier molecular flexibility index (Phi) is 5.66. The number of fused-ring (bicyclic) bond motifs is 5. The molecule has 0 bridgehead atoms. The van der Waals surface area contributed by atoms with E-state index in [0.717, 1.165) is 22.3 Å². The van der Waals surface area contributed by atoms with E-state index in [-0.39, 0.29) is 29.8 Å². The van der Waals surface area contributed by atoms with Gasteiger partial charge in [0.2, 0.25) is 5.76 Å². The van der Waals surface area contributed by atoms with Crippen LogP contribution in [-0.4, -0.2) is 16.7 Å². The molecule has 0 saturated carbocycles. The van der Waals surface area contributed by atoms with Gasteiger partial charge in [0.25, 0.3) is 11.8 Å². The number of amides is 2. The highest BCUT2D eigenvalue weighted by atomic mass is 35.5. The van der Waals surface area contributed by atoms with Crippen LogP contribution in [0, 0.1) is 13.8 Å². The molecule has 1 unspecified atom stereocenters. The number of para-hydroxylation sites is 1. The lowest BCUT2D eigenvalue weighted by Gasteiger charge is -2.34. The fraction of sp³-hybridized carbons (Fsp3) is 0.147. The zero-order chi connectivity index (χ0) is 28.5. The summed E-state index contributed by atoms with van der Waals surface area (Å²) in [4.78, 5) is 46.8. The lowest BCUT2D eigenvalue weighted by Crippen LogP contribution is -2.52. The van der Waals surface area contributed by atoms with Crippen molar-refractivity contribution in [3.05, 3.63) is 145 Å². The Bertz CT molecular complexity index is 1970. The molecule has 2 amide bonds. The van der Waals surface area contributed by atoms with Gasteiger partial charge in [0, 0.05) is 17.1 Å². The van der Waals surface area contributed by atoms with Crippen LogP contribution in [0.5, 0.6) is 0 Å². The zero-order valence-electron chi connectivity index (χ0n) is 22.5. The van der Waals surface area contributed by atoms with Gasteiger partial charge in [0.1, 0.15) is 5.58 Å². The molecule has 0 fully saturated rings. The van der Waals surface area contributed by atoms with Gasteiger partial charge in [-0.3, -0.25) is 14.4 Å². The van der Waals surface area contributed by atoms with E-state index in [9.17, 15) is 14.4 Å². The van der Waals surface area contributed by atoms with E-state index >= 15 is 0 Å². The summed E-state index contributed by atoms with van der Waals surface area (Å²) < 4.78 is 6.24. The number of nitrogens with zero attached hydrogens (tertiary/aromatic N) is 2. The molecule has 202 valence electrons. The van der Waals surface area contributed by atoms with Crippen molar-refractivity contribution in [3.8, 4) is 0 Å². The standard InChI is InChI=1S/C34H25ClN2O4/c1-20-16-24-28(17-21(20)2)41-31-29(30(24)38)34(37(32(31)39)18-22-10-4-3-5-11-22)25-13-7-9-15-27(25)36(33(34)40)19-23-12-6-8-14-26(23)35/h3-17H,18-19H2,1-2H3. The van der Waals surface area contributed by atoms with E-state index in [2.05, 4.69) is 0 Å². The molecule has 5 aromatic rings. The number of rotatable bonds is 4. The van der Waals surface area contributed by atoms with Gasteiger partial charge < -0.3 is 14.2 Å². The normalized spacial score (nSPS) is 17.5. The second-order valence-electron chi connectivity index (χ2n) is 10.7. The van der Waals surface area contributed by atoms with Crippen LogP contribution >= 0.6 is 11.6 Å². The average Bonchev–Trinajstić information content (AvgIpc) is 3.36. The highest BCUT2D eigenvalue weighted by Gasteiger charge is 2.65. The van der Waals surface area contributed by atoms with E-state index in [1.165, 1.54) is 4.90 Å². The molecule has 2 aliphatic heterocycles. The first-order valence-electron chi connectivity index (χ1n) is 13.4. The molecule has 6 nitrogen and oxygen atoms in total. The summed E-state index contributed by atoms with van der Waals surface area (Å²) in [5, 5.41) is 0.870. The number of hydrogen-bond donors (Lipinski definition) is 0. The smallest absolute Gasteiger partial charge is 0.291 e. The second-order valence-corrected chi connectivity index (χ2v) is 11.1. The number of anilines is 1. The number of benzene rings is 4. The number of halogens is 1. The molecule has 41 heavy (non-hydrogen) atoms. The van der Waals surface area contributed by atoms with Crippen LogP contribution in [0.4, 0.5) is 5.69 Å². The molecule has 1 aromatic heterocycles. The minimum atomic E-state index is -1.70. The predicted molar refractivity (Wildman–Crippen MR) is 158 cm³/mol. The summed E-state index contributed by atoms with van der Waals surface area (Å²) in [6, 6.07) is 27.7. The van der Waals surface area contributed by atoms with Gasteiger partial charge in [-0.05, 0) is 60.4 Å². The monoisotopic (exact) mass is 560 g/mol. The zero-order valence-corrected chi connectivity index (χ0v) is 23.2. The maximum atomic E-state index is 14.9. The molecule has 0 saturated heterocycles. The Labute approximate surface area is 241 Å². The van der Waals surface area contributed by atoms with Crippen LogP contribution in [0.25, 0.3) is 11.0 Å². The van der Waals surface area contributed by atoms with Gasteiger partial charge >= 0.3 is 0 Å². The van der Waals surface area contributed by atoms with Gasteiger partial charge in [-0.15, -0.1) is 0 Å². The summed E-state index contributed by atoms with van der Waals surface area (Å²) in [5.41, 5.74) is 2.94. The van der Waals surface area contributed by atoms with Crippen molar-refractivity contribution in [1.82, 2.24) is 4.90 Å². The summed E-state index contributed by atoms with van der Waals surface area (Å²) in [5.74, 6) is -0.981. The fourth-order valence-corrected chi connectivity index (χ4v) is 6.38. The van der Waals surface area contributed by atoms with Crippen molar-refractivity contribution >= 4 is 40.1 Å². The Morgan fingerprint density at radius 1 is 0.805 bits per heavy atom. The van der Waals surface area contributed by atoms with Gasteiger partial charge in [-0.25, -0.2) is 0 Å². The highest BCUT2D eigenvalue weighted by Crippen LogP contribution is 2.53. The van der Waals surface area contributed by atoms with Gasteiger partial charge in [-0.1, -0.05) is 78.3 Å². The van der Waals surface area contributed by atoms with Crippen LogP contribution in [0.2, 0.25) is 5.02 Å². The SMILES string of the molecule is Cc1cc2oc3c(c(=O)c2cc1C)C1(C(=O)N(Cc2ccccc2Cl)c2ccccc21)N(Cc1ccccc1)C3=O. The molecule has 0 radical (unpaired) electrons. The molecular weight excluding hydrogens is 536 g/mol. The summed E-state index contributed by atoms with van der Waals surface area (Å²) in [6.07, 6.45) is 0. The van der Waals surface area contributed by atoms with Gasteiger partial charge in [0.05, 0.1) is 23.2 Å². The van der Waals surface area contributed by atoms with Crippen LogP contribution in [0.1, 0.15) is 43.9 Å².